The van der Waals surface area contributed by atoms with Gasteiger partial charge in [0.1, 0.15) is 5.75 Å². The summed E-state index contributed by atoms with van der Waals surface area (Å²) in [4.78, 5) is 21.3. The number of nitrogens with one attached hydrogen (secondary N) is 1. The van der Waals surface area contributed by atoms with Crippen LogP contribution in [0.1, 0.15) is 5.56 Å². The number of rotatable bonds is 3. The van der Waals surface area contributed by atoms with Gasteiger partial charge in [-0.25, -0.2) is 4.79 Å². The molecule has 0 aliphatic carbocycles. The van der Waals surface area contributed by atoms with E-state index in [4.69, 9.17) is 9.84 Å². The first kappa shape index (κ1) is 12.9. The molecule has 0 radical (unpaired) electrons. The molecule has 0 atom stereocenters. The van der Waals surface area contributed by atoms with Crippen LogP contribution < -0.4 is 10.1 Å². The zero-order chi connectivity index (χ0) is 13.8. The van der Waals surface area contributed by atoms with Gasteiger partial charge in [-0.15, -0.1) is 0 Å². The topological polar surface area (TPSA) is 75.6 Å². The Hall–Kier alpha value is -2.56. The van der Waals surface area contributed by atoms with Crippen LogP contribution in [-0.2, 0) is 16.1 Å². The minimum Gasteiger partial charge on any atom is -0.497 e. The molecule has 0 aliphatic rings. The summed E-state index contributed by atoms with van der Waals surface area (Å²) in [5, 5.41) is 12.8. The molecule has 0 heterocycles. The van der Waals surface area contributed by atoms with Crippen molar-refractivity contribution in [2.45, 2.75) is 6.54 Å². The summed E-state index contributed by atoms with van der Waals surface area (Å²) in [6, 6.07) is 11.3. The van der Waals surface area contributed by atoms with E-state index < -0.39 is 11.9 Å². The van der Waals surface area contributed by atoms with E-state index >= 15 is 0 Å². The van der Waals surface area contributed by atoms with E-state index in [2.05, 4.69) is 5.32 Å². The Morgan fingerprint density at radius 3 is 2.53 bits per heavy atom. The average Bonchev–Trinajstić information content (AvgIpc) is 2.43. The Morgan fingerprint density at radius 2 is 1.84 bits per heavy atom. The highest BCUT2D eigenvalue weighted by molar-refractivity contribution is 6.31. The first-order valence-electron chi connectivity index (χ1n) is 5.68. The van der Waals surface area contributed by atoms with E-state index in [-0.39, 0.29) is 6.54 Å². The summed E-state index contributed by atoms with van der Waals surface area (Å²) in [5.74, 6) is -1.71. The molecule has 2 rings (SSSR count). The third-order valence-corrected chi connectivity index (χ3v) is 2.76. The predicted octanol–water partition coefficient (Wildman–Crippen LogP) is 1.55. The molecule has 2 aromatic carbocycles. The number of fused-ring (bicyclic) bond motifs is 1. The number of benzene rings is 2. The number of amides is 1. The molecule has 5 nitrogen and oxygen atoms in total. The van der Waals surface area contributed by atoms with E-state index in [0.717, 1.165) is 22.1 Å². The molecule has 0 aliphatic heterocycles. The van der Waals surface area contributed by atoms with Crippen LogP contribution in [0.4, 0.5) is 0 Å². The van der Waals surface area contributed by atoms with Crippen molar-refractivity contribution in [3.63, 3.8) is 0 Å². The van der Waals surface area contributed by atoms with Crippen molar-refractivity contribution < 1.29 is 19.4 Å². The van der Waals surface area contributed by atoms with Crippen LogP contribution in [0, 0.1) is 0 Å². The number of hydrogen-bond acceptors (Lipinski definition) is 3. The highest BCUT2D eigenvalue weighted by Gasteiger charge is 2.09. The molecule has 19 heavy (non-hydrogen) atoms. The molecule has 0 spiro atoms. The van der Waals surface area contributed by atoms with Gasteiger partial charge < -0.3 is 15.2 Å². The zero-order valence-electron chi connectivity index (χ0n) is 10.3. The van der Waals surface area contributed by atoms with E-state index in [1.807, 2.05) is 36.4 Å². The molecule has 0 aromatic heterocycles. The van der Waals surface area contributed by atoms with Gasteiger partial charge in [0.25, 0.3) is 0 Å². The molecular weight excluding hydrogens is 246 g/mol. The van der Waals surface area contributed by atoms with Crippen molar-refractivity contribution in [1.82, 2.24) is 5.32 Å². The fourth-order valence-electron chi connectivity index (χ4n) is 1.77. The van der Waals surface area contributed by atoms with E-state index in [1.54, 1.807) is 7.11 Å². The number of carbonyl (C=O) groups excluding carboxylic acids is 1. The fraction of sp³-hybridized carbons (Fsp3) is 0.143. The number of aliphatic carboxylic acids is 1. The van der Waals surface area contributed by atoms with Crippen LogP contribution in [0.2, 0.25) is 0 Å². The van der Waals surface area contributed by atoms with Crippen LogP contribution >= 0.6 is 0 Å². The molecule has 2 aromatic rings. The Kier molecular flexibility index (Phi) is 3.66. The lowest BCUT2D eigenvalue weighted by Gasteiger charge is -2.06. The minimum absolute atomic E-state index is 0.188. The van der Waals surface area contributed by atoms with E-state index in [1.165, 1.54) is 0 Å². The first-order valence-corrected chi connectivity index (χ1v) is 5.68. The van der Waals surface area contributed by atoms with Gasteiger partial charge in [0, 0.05) is 6.54 Å². The van der Waals surface area contributed by atoms with Crippen LogP contribution in [0.3, 0.4) is 0 Å². The van der Waals surface area contributed by atoms with Gasteiger partial charge in [0.05, 0.1) is 7.11 Å². The third-order valence-electron chi connectivity index (χ3n) is 2.76. The lowest BCUT2D eigenvalue weighted by molar-refractivity contribution is -0.150. The van der Waals surface area contributed by atoms with Gasteiger partial charge in [0.2, 0.25) is 0 Å². The van der Waals surface area contributed by atoms with Gasteiger partial charge in [-0.3, -0.25) is 4.79 Å². The number of carboxylic acid groups (broad SMARTS) is 1. The summed E-state index contributed by atoms with van der Waals surface area (Å²) < 4.78 is 5.14. The number of methoxy groups -OCH3 is 1. The quantitative estimate of drug-likeness (QED) is 0.820. The maximum atomic E-state index is 10.9. The second-order valence-corrected chi connectivity index (χ2v) is 4.04. The maximum absolute atomic E-state index is 10.9. The van der Waals surface area contributed by atoms with E-state index in [0.29, 0.717) is 0 Å². The monoisotopic (exact) mass is 259 g/mol. The van der Waals surface area contributed by atoms with Gasteiger partial charge in [-0.05, 0) is 34.5 Å². The van der Waals surface area contributed by atoms with Crippen molar-refractivity contribution >= 4 is 22.6 Å². The molecule has 0 bridgehead atoms. The van der Waals surface area contributed by atoms with E-state index in [9.17, 15) is 9.59 Å². The smallest absolute Gasteiger partial charge is 0.394 e. The summed E-state index contributed by atoms with van der Waals surface area (Å²) in [6.07, 6.45) is 0. The summed E-state index contributed by atoms with van der Waals surface area (Å²) in [6.45, 7) is 0.188. The van der Waals surface area contributed by atoms with Gasteiger partial charge in [0.15, 0.2) is 0 Å². The molecule has 1 amide bonds. The first-order chi connectivity index (χ1) is 9.10. The van der Waals surface area contributed by atoms with Gasteiger partial charge >= 0.3 is 11.9 Å². The van der Waals surface area contributed by atoms with Crippen LogP contribution in [-0.4, -0.2) is 24.1 Å². The Morgan fingerprint density at radius 1 is 1.16 bits per heavy atom. The van der Waals surface area contributed by atoms with Crippen molar-refractivity contribution in [2.75, 3.05) is 7.11 Å². The number of hydrogen-bond donors (Lipinski definition) is 2. The van der Waals surface area contributed by atoms with Crippen molar-refractivity contribution in [1.29, 1.82) is 0 Å². The SMILES string of the molecule is COc1ccc2cc(CNC(=O)C(=O)O)ccc2c1. The lowest BCUT2D eigenvalue weighted by atomic mass is 10.1. The molecule has 0 saturated carbocycles. The van der Waals surface area contributed by atoms with Crippen LogP contribution in [0.25, 0.3) is 10.8 Å². The van der Waals surface area contributed by atoms with Crippen LogP contribution in [0.5, 0.6) is 5.75 Å². The third kappa shape index (κ3) is 3.01. The molecule has 0 saturated heterocycles. The van der Waals surface area contributed by atoms with Crippen molar-refractivity contribution in [3.8, 4) is 5.75 Å². The molecule has 0 unspecified atom stereocenters. The number of carbonyl (C=O) groups is 2. The van der Waals surface area contributed by atoms with Gasteiger partial charge in [-0.2, -0.15) is 0 Å². The Balaban J connectivity index is 2.18. The van der Waals surface area contributed by atoms with Gasteiger partial charge in [-0.1, -0.05) is 18.2 Å². The molecular formula is C14H13NO4. The fourth-order valence-corrected chi connectivity index (χ4v) is 1.77. The largest absolute Gasteiger partial charge is 0.497 e. The maximum Gasteiger partial charge on any atom is 0.394 e. The second kappa shape index (κ2) is 5.39. The summed E-state index contributed by atoms with van der Waals surface area (Å²) in [5.41, 5.74) is 0.840. The molecule has 2 N–H and O–H groups in total. The van der Waals surface area contributed by atoms with Crippen LogP contribution in [0.15, 0.2) is 36.4 Å². The number of carboxylic acids is 1. The van der Waals surface area contributed by atoms with Crippen molar-refractivity contribution in [2.24, 2.45) is 0 Å². The average molecular weight is 259 g/mol. The minimum atomic E-state index is -1.48. The standard InChI is InChI=1S/C14H13NO4/c1-19-12-5-4-10-6-9(2-3-11(10)7-12)8-15-13(16)14(17)18/h2-7H,8H2,1H3,(H,15,16)(H,17,18). The predicted molar refractivity (Wildman–Crippen MR) is 70.0 cm³/mol. The molecule has 98 valence electrons. The Bertz CT molecular complexity index is 636. The number of ether oxygens (including phenoxy) is 1. The molecule has 0 fully saturated rings. The zero-order valence-corrected chi connectivity index (χ0v) is 10.3. The Labute approximate surface area is 109 Å². The van der Waals surface area contributed by atoms with Crippen molar-refractivity contribution in [3.05, 3.63) is 42.0 Å². The normalized spacial score (nSPS) is 10.2. The lowest BCUT2D eigenvalue weighted by Crippen LogP contribution is -2.29. The summed E-state index contributed by atoms with van der Waals surface area (Å²) >= 11 is 0. The molecule has 5 heteroatoms. The highest BCUT2D eigenvalue weighted by atomic mass is 16.5. The second-order valence-electron chi connectivity index (χ2n) is 4.04. The highest BCUT2D eigenvalue weighted by Crippen LogP contribution is 2.21. The summed E-state index contributed by atoms with van der Waals surface area (Å²) in [7, 11) is 1.61.